The Hall–Kier alpha value is -1.62. The molecule has 1 aromatic heterocycles. The van der Waals surface area contributed by atoms with Gasteiger partial charge in [0, 0.05) is 19.3 Å². The molecular formula is C14H23N5. The molecule has 1 saturated heterocycles. The van der Waals surface area contributed by atoms with Gasteiger partial charge in [0.05, 0.1) is 5.56 Å². The van der Waals surface area contributed by atoms with Crippen LogP contribution in [-0.2, 0) is 0 Å². The predicted molar refractivity (Wildman–Crippen MR) is 78.9 cm³/mol. The number of piperidine rings is 1. The van der Waals surface area contributed by atoms with Gasteiger partial charge in [0.2, 0.25) is 0 Å². The normalized spacial score (nSPS) is 17.4. The van der Waals surface area contributed by atoms with Crippen molar-refractivity contribution in [3.05, 3.63) is 23.4 Å². The highest BCUT2D eigenvalue weighted by molar-refractivity contribution is 6.01. The van der Waals surface area contributed by atoms with Crippen LogP contribution in [0.5, 0.6) is 0 Å². The van der Waals surface area contributed by atoms with Gasteiger partial charge in [0.25, 0.3) is 0 Å². The molecule has 1 fully saturated rings. The number of aryl methyl sites for hydroxylation is 1. The summed E-state index contributed by atoms with van der Waals surface area (Å²) in [4.78, 5) is 8.98. The Morgan fingerprint density at radius 3 is 2.68 bits per heavy atom. The zero-order valence-corrected chi connectivity index (χ0v) is 12.0. The SMILES string of the molecule is Cc1ccnc(N(C)C2CCN(C)CC2)c1C(=N)N. The molecule has 1 aliphatic heterocycles. The third kappa shape index (κ3) is 2.87. The maximum Gasteiger partial charge on any atom is 0.139 e. The minimum Gasteiger partial charge on any atom is -0.384 e. The summed E-state index contributed by atoms with van der Waals surface area (Å²) < 4.78 is 0. The van der Waals surface area contributed by atoms with Gasteiger partial charge in [-0.25, -0.2) is 4.98 Å². The van der Waals surface area contributed by atoms with Crippen LogP contribution in [0, 0.1) is 12.3 Å². The molecule has 0 radical (unpaired) electrons. The number of hydrogen-bond donors (Lipinski definition) is 2. The highest BCUT2D eigenvalue weighted by atomic mass is 15.2. The van der Waals surface area contributed by atoms with Gasteiger partial charge < -0.3 is 15.5 Å². The average Bonchev–Trinajstić information content (AvgIpc) is 2.38. The quantitative estimate of drug-likeness (QED) is 0.634. The Bertz CT molecular complexity index is 463. The predicted octanol–water partition coefficient (Wildman–Crippen LogP) is 1.20. The van der Waals surface area contributed by atoms with Crippen molar-refractivity contribution >= 4 is 11.7 Å². The largest absolute Gasteiger partial charge is 0.384 e. The van der Waals surface area contributed by atoms with Crippen molar-refractivity contribution in [3.63, 3.8) is 0 Å². The number of nitrogen functional groups attached to an aromatic ring is 1. The highest BCUT2D eigenvalue weighted by Crippen LogP contribution is 2.24. The number of nitrogens with one attached hydrogen (secondary N) is 1. The van der Waals surface area contributed by atoms with Crippen LogP contribution in [0.15, 0.2) is 12.3 Å². The van der Waals surface area contributed by atoms with E-state index in [0.717, 1.165) is 42.9 Å². The molecule has 0 amide bonds. The first-order chi connectivity index (χ1) is 9.00. The summed E-state index contributed by atoms with van der Waals surface area (Å²) in [6.45, 7) is 4.19. The summed E-state index contributed by atoms with van der Waals surface area (Å²) in [7, 11) is 4.21. The lowest BCUT2D eigenvalue weighted by Crippen LogP contribution is -2.43. The fourth-order valence-corrected chi connectivity index (χ4v) is 2.70. The molecule has 0 aliphatic carbocycles. The number of pyridine rings is 1. The maximum atomic E-state index is 7.76. The van der Waals surface area contributed by atoms with Gasteiger partial charge >= 0.3 is 0 Å². The number of aromatic nitrogens is 1. The van der Waals surface area contributed by atoms with Crippen molar-refractivity contribution in [1.82, 2.24) is 9.88 Å². The first kappa shape index (κ1) is 13.8. The lowest BCUT2D eigenvalue weighted by Gasteiger charge is -2.36. The van der Waals surface area contributed by atoms with E-state index in [0.29, 0.717) is 6.04 Å². The number of anilines is 1. The average molecular weight is 261 g/mol. The van der Waals surface area contributed by atoms with Gasteiger partial charge in [-0.3, -0.25) is 5.41 Å². The molecule has 1 aromatic rings. The smallest absolute Gasteiger partial charge is 0.139 e. The summed E-state index contributed by atoms with van der Waals surface area (Å²) in [5.41, 5.74) is 7.49. The van der Waals surface area contributed by atoms with E-state index >= 15 is 0 Å². The topological polar surface area (TPSA) is 69.2 Å². The van der Waals surface area contributed by atoms with Crippen molar-refractivity contribution in [2.24, 2.45) is 5.73 Å². The van der Waals surface area contributed by atoms with Crippen LogP contribution in [0.25, 0.3) is 0 Å². The second-order valence-corrected chi connectivity index (χ2v) is 5.39. The number of hydrogen-bond acceptors (Lipinski definition) is 4. The van der Waals surface area contributed by atoms with Crippen molar-refractivity contribution < 1.29 is 0 Å². The fraction of sp³-hybridized carbons (Fsp3) is 0.571. The van der Waals surface area contributed by atoms with Crippen LogP contribution in [0.3, 0.4) is 0 Å². The van der Waals surface area contributed by atoms with Gasteiger partial charge in [0.1, 0.15) is 11.7 Å². The Kier molecular flexibility index (Phi) is 4.04. The maximum absolute atomic E-state index is 7.76. The van der Waals surface area contributed by atoms with Crippen LogP contribution in [0.2, 0.25) is 0 Å². The van der Waals surface area contributed by atoms with Gasteiger partial charge in [0.15, 0.2) is 0 Å². The summed E-state index contributed by atoms with van der Waals surface area (Å²) in [6.07, 6.45) is 4.04. The lowest BCUT2D eigenvalue weighted by molar-refractivity contribution is 0.252. The van der Waals surface area contributed by atoms with Crippen LogP contribution in [-0.4, -0.2) is 48.9 Å². The van der Waals surface area contributed by atoms with Crippen LogP contribution >= 0.6 is 0 Å². The number of rotatable bonds is 3. The van der Waals surface area contributed by atoms with E-state index in [-0.39, 0.29) is 5.84 Å². The standard InChI is InChI=1S/C14H23N5/c1-10-4-7-17-14(12(10)13(15)16)19(3)11-5-8-18(2)9-6-11/h4,7,11H,5-6,8-9H2,1-3H3,(H3,15,16). The van der Waals surface area contributed by atoms with Crippen molar-refractivity contribution in [2.45, 2.75) is 25.8 Å². The van der Waals surface area contributed by atoms with E-state index < -0.39 is 0 Å². The first-order valence-corrected chi connectivity index (χ1v) is 6.72. The van der Waals surface area contributed by atoms with E-state index in [1.54, 1.807) is 6.20 Å². The molecule has 2 heterocycles. The molecule has 0 spiro atoms. The molecule has 5 heteroatoms. The second-order valence-electron chi connectivity index (χ2n) is 5.39. The summed E-state index contributed by atoms with van der Waals surface area (Å²) >= 11 is 0. The van der Waals surface area contributed by atoms with E-state index in [2.05, 4.69) is 28.9 Å². The minimum atomic E-state index is 0.0976. The summed E-state index contributed by atoms with van der Waals surface area (Å²) in [5.74, 6) is 0.933. The molecule has 0 saturated carbocycles. The lowest BCUT2D eigenvalue weighted by atomic mass is 10.0. The van der Waals surface area contributed by atoms with Crippen LogP contribution in [0.4, 0.5) is 5.82 Å². The molecule has 0 atom stereocenters. The zero-order valence-electron chi connectivity index (χ0n) is 12.0. The molecule has 2 rings (SSSR count). The minimum absolute atomic E-state index is 0.0976. The second kappa shape index (κ2) is 5.57. The van der Waals surface area contributed by atoms with Gasteiger partial charge in [-0.1, -0.05) is 0 Å². The first-order valence-electron chi connectivity index (χ1n) is 6.72. The van der Waals surface area contributed by atoms with E-state index in [1.807, 2.05) is 13.0 Å². The molecule has 104 valence electrons. The molecule has 1 aliphatic rings. The molecule has 0 aromatic carbocycles. The van der Waals surface area contributed by atoms with Gasteiger partial charge in [-0.2, -0.15) is 0 Å². The molecular weight excluding hydrogens is 238 g/mol. The van der Waals surface area contributed by atoms with Gasteiger partial charge in [-0.05, 0) is 51.5 Å². The third-order valence-electron chi connectivity index (χ3n) is 3.98. The van der Waals surface area contributed by atoms with Crippen LogP contribution < -0.4 is 10.6 Å². The number of likely N-dealkylation sites (tertiary alicyclic amines) is 1. The van der Waals surface area contributed by atoms with E-state index in [1.165, 1.54) is 0 Å². The third-order valence-corrected chi connectivity index (χ3v) is 3.98. The Labute approximate surface area is 114 Å². The molecule has 3 N–H and O–H groups in total. The Morgan fingerprint density at radius 2 is 2.11 bits per heavy atom. The van der Waals surface area contributed by atoms with E-state index in [9.17, 15) is 0 Å². The fourth-order valence-electron chi connectivity index (χ4n) is 2.70. The summed E-state index contributed by atoms with van der Waals surface area (Å²) in [5, 5.41) is 7.76. The Balaban J connectivity index is 2.26. The van der Waals surface area contributed by atoms with Crippen molar-refractivity contribution in [3.8, 4) is 0 Å². The number of nitrogens with zero attached hydrogens (tertiary/aromatic N) is 3. The highest BCUT2D eigenvalue weighted by Gasteiger charge is 2.24. The molecule has 5 nitrogen and oxygen atoms in total. The summed E-state index contributed by atoms with van der Waals surface area (Å²) in [6, 6.07) is 2.38. The molecule has 0 unspecified atom stereocenters. The van der Waals surface area contributed by atoms with Crippen LogP contribution in [0.1, 0.15) is 24.0 Å². The number of nitrogens with two attached hydrogens (primary N) is 1. The number of amidine groups is 1. The zero-order chi connectivity index (χ0) is 14.0. The van der Waals surface area contributed by atoms with Crippen molar-refractivity contribution in [1.29, 1.82) is 5.41 Å². The van der Waals surface area contributed by atoms with E-state index in [4.69, 9.17) is 11.1 Å². The Morgan fingerprint density at radius 1 is 1.47 bits per heavy atom. The van der Waals surface area contributed by atoms with Crippen molar-refractivity contribution in [2.75, 3.05) is 32.1 Å². The molecule has 19 heavy (non-hydrogen) atoms. The molecule has 0 bridgehead atoms. The monoisotopic (exact) mass is 261 g/mol. The van der Waals surface area contributed by atoms with Gasteiger partial charge in [-0.15, -0.1) is 0 Å².